The number of carboxylic acid groups (broad SMARTS) is 1. The molecule has 0 aliphatic rings. The van der Waals surface area contributed by atoms with Gasteiger partial charge in [-0.15, -0.1) is 0 Å². The molecule has 0 aromatic carbocycles. The molecule has 0 saturated heterocycles. The predicted octanol–water partition coefficient (Wildman–Crippen LogP) is -0.0519. The first kappa shape index (κ1) is 10.8. The van der Waals surface area contributed by atoms with Gasteiger partial charge in [-0.3, -0.25) is 4.79 Å². The smallest absolute Gasteiger partial charge is 0.320 e. The zero-order chi connectivity index (χ0) is 7.86. The summed E-state index contributed by atoms with van der Waals surface area (Å²) < 4.78 is 0. The van der Waals surface area contributed by atoms with Gasteiger partial charge in [0.2, 0.25) is 0 Å². The average Bonchev–Trinajstić information content (AvgIpc) is 1.68. The highest BCUT2D eigenvalue weighted by Crippen LogP contribution is 1.68. The van der Waals surface area contributed by atoms with E-state index in [0.29, 0.717) is 0 Å². The van der Waals surface area contributed by atoms with Gasteiger partial charge in [0.1, 0.15) is 6.04 Å². The third-order valence-electron chi connectivity index (χ3n) is 0.390. The van der Waals surface area contributed by atoms with Crippen LogP contribution in [-0.2, 0) is 4.79 Å². The Kier molecular flexibility index (Phi) is 8.32. The number of hydrogen-bond acceptors (Lipinski definition) is 3. The third kappa shape index (κ3) is 19.6. The van der Waals surface area contributed by atoms with Gasteiger partial charge in [-0.05, 0) is 6.92 Å². The van der Waals surface area contributed by atoms with E-state index in [2.05, 4.69) is 0 Å². The van der Waals surface area contributed by atoms with E-state index in [1.165, 1.54) is 13.8 Å². The summed E-state index contributed by atoms with van der Waals surface area (Å²) in [7, 11) is 0. The number of carboxylic acids is 1. The van der Waals surface area contributed by atoms with Crippen LogP contribution < -0.4 is 5.73 Å². The molecule has 1 atom stereocenters. The van der Waals surface area contributed by atoms with Crippen LogP contribution in [0.3, 0.4) is 0 Å². The van der Waals surface area contributed by atoms with Gasteiger partial charge in [0.05, 0.1) is 6.07 Å². The Morgan fingerprint density at radius 3 is 2.00 bits per heavy atom. The van der Waals surface area contributed by atoms with E-state index in [9.17, 15) is 4.79 Å². The van der Waals surface area contributed by atoms with Crippen LogP contribution >= 0.6 is 0 Å². The monoisotopic (exact) mass is 130 g/mol. The minimum atomic E-state index is -0.963. The topological polar surface area (TPSA) is 87.1 Å². The molecule has 9 heavy (non-hydrogen) atoms. The second kappa shape index (κ2) is 6.92. The van der Waals surface area contributed by atoms with Crippen molar-refractivity contribution in [2.75, 3.05) is 0 Å². The first-order valence-electron chi connectivity index (χ1n) is 2.35. The summed E-state index contributed by atoms with van der Waals surface area (Å²) in [6.07, 6.45) is 0. The van der Waals surface area contributed by atoms with E-state index in [0.717, 1.165) is 0 Å². The van der Waals surface area contributed by atoms with Crippen LogP contribution in [0.15, 0.2) is 0 Å². The lowest BCUT2D eigenvalue weighted by Crippen LogP contribution is -2.25. The number of nitrogens with zero attached hydrogens (tertiary/aromatic N) is 1. The number of carbonyl (C=O) groups is 1. The summed E-state index contributed by atoms with van der Waals surface area (Å²) in [5.74, 6) is -0.963. The molecule has 0 saturated carbocycles. The molecule has 0 radical (unpaired) electrons. The van der Waals surface area contributed by atoms with Crippen molar-refractivity contribution >= 4 is 5.97 Å². The van der Waals surface area contributed by atoms with Crippen molar-refractivity contribution < 1.29 is 9.90 Å². The van der Waals surface area contributed by atoms with Gasteiger partial charge >= 0.3 is 5.97 Å². The van der Waals surface area contributed by atoms with Gasteiger partial charge in [-0.2, -0.15) is 5.26 Å². The molecule has 0 unspecified atom stereocenters. The van der Waals surface area contributed by atoms with Crippen LogP contribution in [-0.4, -0.2) is 17.1 Å². The van der Waals surface area contributed by atoms with Crippen LogP contribution in [0, 0.1) is 11.3 Å². The molecule has 0 heterocycles. The number of aliphatic carboxylic acids is 1. The Morgan fingerprint density at radius 1 is 1.89 bits per heavy atom. The fourth-order valence-electron chi connectivity index (χ4n) is 0. The Bertz CT molecular complexity index is 115. The molecule has 0 amide bonds. The number of nitrogens with two attached hydrogens (primary N) is 1. The van der Waals surface area contributed by atoms with Gasteiger partial charge in [-0.1, -0.05) is 0 Å². The lowest BCUT2D eigenvalue weighted by atomic mass is 10.4. The van der Waals surface area contributed by atoms with Crippen molar-refractivity contribution in [3.8, 4) is 6.07 Å². The molecule has 0 aliphatic heterocycles. The Labute approximate surface area is 53.9 Å². The van der Waals surface area contributed by atoms with Crippen LogP contribution in [0.5, 0.6) is 0 Å². The second-order valence-electron chi connectivity index (χ2n) is 1.35. The molecule has 0 spiro atoms. The molecule has 0 aromatic rings. The van der Waals surface area contributed by atoms with E-state index < -0.39 is 12.0 Å². The predicted molar refractivity (Wildman–Crippen MR) is 32.6 cm³/mol. The zero-order valence-corrected chi connectivity index (χ0v) is 5.46. The summed E-state index contributed by atoms with van der Waals surface area (Å²) in [6, 6.07) is 1.02. The van der Waals surface area contributed by atoms with Crippen molar-refractivity contribution in [2.24, 2.45) is 5.73 Å². The van der Waals surface area contributed by atoms with Crippen molar-refractivity contribution in [3.63, 3.8) is 0 Å². The largest absolute Gasteiger partial charge is 0.480 e. The van der Waals surface area contributed by atoms with Crippen molar-refractivity contribution in [1.29, 1.82) is 5.26 Å². The van der Waals surface area contributed by atoms with Crippen molar-refractivity contribution in [1.82, 2.24) is 0 Å². The van der Waals surface area contributed by atoms with E-state index in [4.69, 9.17) is 16.1 Å². The summed E-state index contributed by atoms with van der Waals surface area (Å²) in [5, 5.41) is 15.2. The molecule has 4 nitrogen and oxygen atoms in total. The van der Waals surface area contributed by atoms with Gasteiger partial charge in [-0.25, -0.2) is 0 Å². The van der Waals surface area contributed by atoms with Crippen LogP contribution in [0.4, 0.5) is 0 Å². The molecule has 0 fully saturated rings. The third-order valence-corrected chi connectivity index (χ3v) is 0.390. The quantitative estimate of drug-likeness (QED) is 0.520. The summed E-state index contributed by atoms with van der Waals surface area (Å²) >= 11 is 0. The molecule has 0 bridgehead atoms. The van der Waals surface area contributed by atoms with Crippen molar-refractivity contribution in [2.45, 2.75) is 19.9 Å². The van der Waals surface area contributed by atoms with Crippen LogP contribution in [0.25, 0.3) is 0 Å². The van der Waals surface area contributed by atoms with Gasteiger partial charge < -0.3 is 10.8 Å². The number of hydrogen-bond donors (Lipinski definition) is 2. The lowest BCUT2D eigenvalue weighted by molar-refractivity contribution is -0.138. The molecule has 0 rings (SSSR count). The molecule has 0 aliphatic carbocycles. The minimum Gasteiger partial charge on any atom is -0.480 e. The maximum Gasteiger partial charge on any atom is 0.320 e. The molecule has 3 N–H and O–H groups in total. The molecule has 4 heteroatoms. The first-order chi connectivity index (χ1) is 4.06. The van der Waals surface area contributed by atoms with Gasteiger partial charge in [0.15, 0.2) is 0 Å². The SMILES string of the molecule is CC#N.C[C@H](N)C(=O)O. The summed E-state index contributed by atoms with van der Waals surface area (Å²) in [6.45, 7) is 2.85. The highest BCUT2D eigenvalue weighted by molar-refractivity contribution is 5.72. The van der Waals surface area contributed by atoms with E-state index in [1.807, 2.05) is 0 Å². The Morgan fingerprint density at radius 2 is 2.00 bits per heavy atom. The first-order valence-corrected chi connectivity index (χ1v) is 2.35. The molecular weight excluding hydrogens is 120 g/mol. The van der Waals surface area contributed by atoms with E-state index in [1.54, 1.807) is 6.07 Å². The van der Waals surface area contributed by atoms with Gasteiger partial charge in [0.25, 0.3) is 0 Å². The Balaban J connectivity index is 0. The van der Waals surface area contributed by atoms with Crippen LogP contribution in [0.2, 0.25) is 0 Å². The highest BCUT2D eigenvalue weighted by atomic mass is 16.4. The molecule has 0 aromatic heterocycles. The van der Waals surface area contributed by atoms with E-state index >= 15 is 0 Å². The zero-order valence-electron chi connectivity index (χ0n) is 5.46. The highest BCUT2D eigenvalue weighted by Gasteiger charge is 1.99. The summed E-state index contributed by atoms with van der Waals surface area (Å²) in [5.41, 5.74) is 4.84. The average molecular weight is 130 g/mol. The maximum absolute atomic E-state index is 9.57. The minimum absolute atomic E-state index is 0.731. The normalized spacial score (nSPS) is 10.0. The number of rotatable bonds is 1. The second-order valence-corrected chi connectivity index (χ2v) is 1.35. The Hall–Kier alpha value is -1.08. The van der Waals surface area contributed by atoms with Crippen LogP contribution in [0.1, 0.15) is 13.8 Å². The standard InChI is InChI=1S/C3H7NO2.C2H3N/c1-2(4)3(5)6;1-2-3/h2H,4H2,1H3,(H,5,6);1H3/t2-;/m0./s1. The lowest BCUT2D eigenvalue weighted by Gasteiger charge is -1.90. The fourth-order valence-corrected chi connectivity index (χ4v) is 0. The maximum atomic E-state index is 9.57. The summed E-state index contributed by atoms with van der Waals surface area (Å²) in [4.78, 5) is 9.57. The van der Waals surface area contributed by atoms with E-state index in [-0.39, 0.29) is 0 Å². The molecule has 52 valence electrons. The van der Waals surface area contributed by atoms with Gasteiger partial charge in [0, 0.05) is 6.92 Å². The molecular formula is C5H10N2O2. The number of nitriles is 1. The van der Waals surface area contributed by atoms with Crippen molar-refractivity contribution in [3.05, 3.63) is 0 Å². The fraction of sp³-hybridized carbons (Fsp3) is 0.600.